The lowest BCUT2D eigenvalue weighted by atomic mass is 9.98. The van der Waals surface area contributed by atoms with Crippen LogP contribution in [0.25, 0.3) is 0 Å². The van der Waals surface area contributed by atoms with E-state index in [4.69, 9.17) is 0 Å². The molecular weight excluding hydrogens is 385 g/mol. The Morgan fingerprint density at radius 3 is 2.81 bits per heavy atom. The third kappa shape index (κ3) is 4.87. The van der Waals surface area contributed by atoms with Gasteiger partial charge in [0.05, 0.1) is 23.0 Å². The number of aromatic nitrogens is 1. The normalized spacial score (nSPS) is 17.2. The van der Waals surface area contributed by atoms with Gasteiger partial charge in [-0.05, 0) is 18.2 Å². The van der Waals surface area contributed by atoms with Gasteiger partial charge in [-0.25, -0.2) is 9.37 Å². The molecule has 0 bridgehead atoms. The van der Waals surface area contributed by atoms with Crippen molar-refractivity contribution < 1.29 is 14.0 Å². The van der Waals surface area contributed by atoms with Crippen LogP contribution in [0.2, 0.25) is 0 Å². The van der Waals surface area contributed by atoms with Gasteiger partial charge in [0, 0.05) is 22.2 Å². The lowest BCUT2D eigenvalue weighted by molar-refractivity contribution is -0.135. The van der Waals surface area contributed by atoms with E-state index in [2.05, 4.69) is 31.1 Å². The summed E-state index contributed by atoms with van der Waals surface area (Å²) >= 11 is 3.08. The molecular formula is C19H22FN3O2S2. The Hall–Kier alpha value is -1.93. The molecule has 1 saturated heterocycles. The van der Waals surface area contributed by atoms with Gasteiger partial charge in [-0.2, -0.15) is 0 Å². The van der Waals surface area contributed by atoms with Crippen LogP contribution in [0.15, 0.2) is 29.6 Å². The molecule has 2 amide bonds. The molecule has 1 fully saturated rings. The van der Waals surface area contributed by atoms with Gasteiger partial charge in [0.25, 0.3) is 0 Å². The first-order valence-corrected chi connectivity index (χ1v) is 10.7. The highest BCUT2D eigenvalue weighted by Gasteiger charge is 2.35. The molecule has 1 aromatic carbocycles. The van der Waals surface area contributed by atoms with Crippen molar-refractivity contribution in [1.82, 2.24) is 9.88 Å². The van der Waals surface area contributed by atoms with Gasteiger partial charge in [-0.3, -0.25) is 9.59 Å². The van der Waals surface area contributed by atoms with Crippen molar-refractivity contribution in [3.63, 3.8) is 0 Å². The summed E-state index contributed by atoms with van der Waals surface area (Å²) < 4.78 is 13.3. The number of nitrogens with one attached hydrogen (secondary N) is 1. The van der Waals surface area contributed by atoms with Gasteiger partial charge in [-0.15, -0.1) is 23.1 Å². The Balaban J connectivity index is 1.65. The number of rotatable bonds is 4. The van der Waals surface area contributed by atoms with E-state index in [1.54, 1.807) is 22.3 Å². The second-order valence-electron chi connectivity index (χ2n) is 7.45. The highest BCUT2D eigenvalue weighted by molar-refractivity contribution is 7.99. The predicted molar refractivity (Wildman–Crippen MR) is 108 cm³/mol. The molecule has 2 aromatic rings. The van der Waals surface area contributed by atoms with Gasteiger partial charge < -0.3 is 10.2 Å². The minimum atomic E-state index is -0.563. The minimum absolute atomic E-state index is 0.0527. The first-order valence-electron chi connectivity index (χ1n) is 8.62. The molecule has 0 spiro atoms. The predicted octanol–water partition coefficient (Wildman–Crippen LogP) is 3.66. The summed E-state index contributed by atoms with van der Waals surface area (Å²) in [6.07, 6.45) is 0.177. The summed E-state index contributed by atoms with van der Waals surface area (Å²) in [5, 5.41) is 5.59. The largest absolute Gasteiger partial charge is 0.324 e. The monoisotopic (exact) mass is 407 g/mol. The zero-order valence-corrected chi connectivity index (χ0v) is 17.1. The Bertz CT molecular complexity index is 847. The van der Waals surface area contributed by atoms with Crippen LogP contribution < -0.4 is 5.32 Å². The van der Waals surface area contributed by atoms with Crippen LogP contribution in [0.5, 0.6) is 0 Å². The number of benzene rings is 1. The SMILES string of the molecule is CC(C)(C)c1nc(CC(=O)N2CSCC2C(=O)Nc2cccc(F)c2)cs1. The molecule has 8 heteroatoms. The zero-order chi connectivity index (χ0) is 19.6. The number of hydrogen-bond acceptors (Lipinski definition) is 5. The first-order chi connectivity index (χ1) is 12.7. The number of nitrogens with zero attached hydrogens (tertiary/aromatic N) is 2. The number of amides is 2. The molecule has 144 valence electrons. The summed E-state index contributed by atoms with van der Waals surface area (Å²) in [5.41, 5.74) is 1.07. The van der Waals surface area contributed by atoms with Crippen molar-refractivity contribution in [2.75, 3.05) is 16.9 Å². The van der Waals surface area contributed by atoms with E-state index in [9.17, 15) is 14.0 Å². The molecule has 1 N–H and O–H groups in total. The van der Waals surface area contributed by atoms with Crippen molar-refractivity contribution in [2.24, 2.45) is 0 Å². The maximum absolute atomic E-state index is 13.3. The molecule has 1 atom stereocenters. The Kier molecular flexibility index (Phi) is 5.86. The Morgan fingerprint density at radius 2 is 2.15 bits per heavy atom. The molecule has 5 nitrogen and oxygen atoms in total. The number of anilines is 1. The van der Waals surface area contributed by atoms with E-state index in [1.165, 1.54) is 30.0 Å². The summed E-state index contributed by atoms with van der Waals surface area (Å²) in [7, 11) is 0. The fraction of sp³-hybridized carbons (Fsp3) is 0.421. The summed E-state index contributed by atoms with van der Waals surface area (Å²) in [4.78, 5) is 31.4. The number of carbonyl (C=O) groups excluding carboxylic acids is 2. The van der Waals surface area contributed by atoms with Gasteiger partial charge in [0.1, 0.15) is 11.9 Å². The minimum Gasteiger partial charge on any atom is -0.324 e. The van der Waals surface area contributed by atoms with Crippen LogP contribution in [-0.4, -0.2) is 39.4 Å². The van der Waals surface area contributed by atoms with E-state index in [0.29, 0.717) is 17.3 Å². The number of hydrogen-bond donors (Lipinski definition) is 1. The average molecular weight is 408 g/mol. The summed E-state index contributed by atoms with van der Waals surface area (Å²) in [6.45, 7) is 6.25. The fourth-order valence-corrected chi connectivity index (χ4v) is 4.77. The van der Waals surface area contributed by atoms with Crippen LogP contribution in [0, 0.1) is 5.82 Å². The lowest BCUT2D eigenvalue weighted by Crippen LogP contribution is -2.45. The lowest BCUT2D eigenvalue weighted by Gasteiger charge is -2.23. The third-order valence-electron chi connectivity index (χ3n) is 4.12. The topological polar surface area (TPSA) is 62.3 Å². The summed E-state index contributed by atoms with van der Waals surface area (Å²) in [6, 6.07) is 5.17. The molecule has 0 aliphatic carbocycles. The van der Waals surface area contributed by atoms with E-state index in [0.717, 1.165) is 10.7 Å². The third-order valence-corrected chi connectivity index (χ3v) is 6.45. The van der Waals surface area contributed by atoms with E-state index in [1.807, 2.05) is 5.38 Å². The second kappa shape index (κ2) is 7.98. The van der Waals surface area contributed by atoms with Crippen molar-refractivity contribution in [2.45, 2.75) is 38.6 Å². The van der Waals surface area contributed by atoms with Crippen molar-refractivity contribution in [3.8, 4) is 0 Å². The smallest absolute Gasteiger partial charge is 0.248 e. The molecule has 1 aliphatic heterocycles. The van der Waals surface area contributed by atoms with E-state index < -0.39 is 11.9 Å². The van der Waals surface area contributed by atoms with Gasteiger partial charge in [0.15, 0.2) is 0 Å². The molecule has 0 saturated carbocycles. The van der Waals surface area contributed by atoms with Crippen LogP contribution in [0.4, 0.5) is 10.1 Å². The highest BCUT2D eigenvalue weighted by Crippen LogP contribution is 2.27. The maximum Gasteiger partial charge on any atom is 0.248 e. The van der Waals surface area contributed by atoms with Crippen LogP contribution in [-0.2, 0) is 21.4 Å². The van der Waals surface area contributed by atoms with Gasteiger partial charge in [-0.1, -0.05) is 26.8 Å². The molecule has 1 aliphatic rings. The molecule has 3 rings (SSSR count). The van der Waals surface area contributed by atoms with Crippen LogP contribution in [0.1, 0.15) is 31.5 Å². The van der Waals surface area contributed by atoms with Crippen molar-refractivity contribution >= 4 is 40.6 Å². The molecule has 1 aromatic heterocycles. The standard InChI is InChI=1S/C19H22FN3O2S2/c1-19(2,3)18-22-14(9-27-18)8-16(24)23-11-26-10-15(23)17(25)21-13-6-4-5-12(20)7-13/h4-7,9,15H,8,10-11H2,1-3H3,(H,21,25). The highest BCUT2D eigenvalue weighted by atomic mass is 32.2. The van der Waals surface area contributed by atoms with Gasteiger partial charge in [0.2, 0.25) is 11.8 Å². The van der Waals surface area contributed by atoms with E-state index in [-0.39, 0.29) is 23.7 Å². The number of carbonyl (C=O) groups is 2. The first kappa shape index (κ1) is 19.8. The summed E-state index contributed by atoms with van der Waals surface area (Å²) in [5.74, 6) is 0.158. The average Bonchev–Trinajstić information content (AvgIpc) is 3.23. The van der Waals surface area contributed by atoms with Gasteiger partial charge >= 0.3 is 0 Å². The quantitative estimate of drug-likeness (QED) is 0.840. The Morgan fingerprint density at radius 1 is 1.37 bits per heavy atom. The number of thiazole rings is 1. The van der Waals surface area contributed by atoms with Crippen molar-refractivity contribution in [3.05, 3.63) is 46.2 Å². The molecule has 0 radical (unpaired) electrons. The van der Waals surface area contributed by atoms with Crippen LogP contribution in [0.3, 0.4) is 0 Å². The zero-order valence-electron chi connectivity index (χ0n) is 15.5. The molecule has 2 heterocycles. The number of halogens is 1. The molecule has 27 heavy (non-hydrogen) atoms. The second-order valence-corrected chi connectivity index (χ2v) is 9.31. The fourth-order valence-electron chi connectivity index (χ4n) is 2.69. The molecule has 1 unspecified atom stereocenters. The Labute approximate surface area is 166 Å². The number of thioether (sulfide) groups is 1. The van der Waals surface area contributed by atoms with Crippen LogP contribution >= 0.6 is 23.1 Å². The maximum atomic E-state index is 13.3. The van der Waals surface area contributed by atoms with E-state index >= 15 is 0 Å². The van der Waals surface area contributed by atoms with Crippen molar-refractivity contribution in [1.29, 1.82) is 0 Å².